The molecule has 1 aromatic heterocycles. The third-order valence-corrected chi connectivity index (χ3v) is 3.25. The Bertz CT molecular complexity index is 753. The first-order valence-electron chi connectivity index (χ1n) is 7.33. The molecule has 1 heterocycles. The van der Waals surface area contributed by atoms with Crippen molar-refractivity contribution in [2.24, 2.45) is 0 Å². The molecule has 2 N–H and O–H groups in total. The van der Waals surface area contributed by atoms with Gasteiger partial charge < -0.3 is 10.6 Å². The fraction of sp³-hybridized carbons (Fsp3) is 0.250. The molecule has 0 unspecified atom stereocenters. The van der Waals surface area contributed by atoms with Crippen LogP contribution in [0.1, 0.15) is 33.3 Å². The number of hydrogen-bond acceptors (Lipinski definition) is 4. The van der Waals surface area contributed by atoms with E-state index in [9.17, 15) is 18.4 Å². The van der Waals surface area contributed by atoms with E-state index < -0.39 is 17.5 Å². The SMILES string of the molecule is CCc1ncncc1C(=O)NCCNC(=O)c1ccc(F)cc1F. The molecule has 0 saturated carbocycles. The molecule has 126 valence electrons. The van der Waals surface area contributed by atoms with E-state index in [4.69, 9.17) is 0 Å². The molecule has 2 aromatic rings. The maximum Gasteiger partial charge on any atom is 0.254 e. The average Bonchev–Trinajstić information content (AvgIpc) is 2.58. The largest absolute Gasteiger partial charge is 0.350 e. The molecule has 0 fully saturated rings. The lowest BCUT2D eigenvalue weighted by Crippen LogP contribution is -2.35. The van der Waals surface area contributed by atoms with Gasteiger partial charge in [0.25, 0.3) is 11.8 Å². The summed E-state index contributed by atoms with van der Waals surface area (Å²) in [6.07, 6.45) is 3.38. The zero-order valence-corrected chi connectivity index (χ0v) is 13.0. The fourth-order valence-electron chi connectivity index (χ4n) is 2.04. The van der Waals surface area contributed by atoms with Crippen molar-refractivity contribution < 1.29 is 18.4 Å². The Morgan fingerprint density at radius 3 is 2.38 bits per heavy atom. The van der Waals surface area contributed by atoms with Crippen molar-refractivity contribution in [1.29, 1.82) is 0 Å². The van der Waals surface area contributed by atoms with Crippen LogP contribution in [0.4, 0.5) is 8.78 Å². The zero-order valence-electron chi connectivity index (χ0n) is 13.0. The van der Waals surface area contributed by atoms with Crippen LogP contribution in [0.5, 0.6) is 0 Å². The van der Waals surface area contributed by atoms with Gasteiger partial charge in [-0.05, 0) is 18.6 Å². The van der Waals surface area contributed by atoms with Crippen molar-refractivity contribution in [1.82, 2.24) is 20.6 Å². The van der Waals surface area contributed by atoms with Gasteiger partial charge in [0.1, 0.15) is 18.0 Å². The summed E-state index contributed by atoms with van der Waals surface area (Å²) in [7, 11) is 0. The predicted molar refractivity (Wildman–Crippen MR) is 82.4 cm³/mol. The molecule has 0 spiro atoms. The van der Waals surface area contributed by atoms with E-state index in [2.05, 4.69) is 20.6 Å². The van der Waals surface area contributed by atoms with Crippen molar-refractivity contribution in [2.75, 3.05) is 13.1 Å². The van der Waals surface area contributed by atoms with E-state index in [0.717, 1.165) is 12.1 Å². The highest BCUT2D eigenvalue weighted by atomic mass is 19.1. The summed E-state index contributed by atoms with van der Waals surface area (Å²) in [6.45, 7) is 2.11. The van der Waals surface area contributed by atoms with E-state index >= 15 is 0 Å². The van der Waals surface area contributed by atoms with E-state index in [1.165, 1.54) is 12.5 Å². The van der Waals surface area contributed by atoms with Crippen molar-refractivity contribution in [3.05, 3.63) is 59.2 Å². The van der Waals surface area contributed by atoms with Crippen molar-refractivity contribution in [3.63, 3.8) is 0 Å². The molecule has 2 amide bonds. The third kappa shape index (κ3) is 4.31. The lowest BCUT2D eigenvalue weighted by Gasteiger charge is -2.09. The molecule has 0 aliphatic carbocycles. The molecule has 0 aliphatic heterocycles. The summed E-state index contributed by atoms with van der Waals surface area (Å²) in [5.41, 5.74) is 0.739. The van der Waals surface area contributed by atoms with Gasteiger partial charge in [-0.1, -0.05) is 6.92 Å². The van der Waals surface area contributed by atoms with E-state index in [1.54, 1.807) is 0 Å². The zero-order chi connectivity index (χ0) is 17.5. The van der Waals surface area contributed by atoms with Crippen LogP contribution in [0.15, 0.2) is 30.7 Å². The number of rotatable bonds is 6. The molecule has 24 heavy (non-hydrogen) atoms. The molecule has 1 aromatic carbocycles. The summed E-state index contributed by atoms with van der Waals surface area (Å²) < 4.78 is 26.3. The molecule has 2 rings (SSSR count). The fourth-order valence-corrected chi connectivity index (χ4v) is 2.04. The van der Waals surface area contributed by atoms with Gasteiger partial charge in [-0.2, -0.15) is 0 Å². The number of nitrogens with one attached hydrogen (secondary N) is 2. The topological polar surface area (TPSA) is 84.0 Å². The molecule has 0 atom stereocenters. The number of hydrogen-bond donors (Lipinski definition) is 2. The average molecular weight is 334 g/mol. The van der Waals surface area contributed by atoms with Gasteiger partial charge in [0, 0.05) is 25.4 Å². The second kappa shape index (κ2) is 8.09. The van der Waals surface area contributed by atoms with Gasteiger partial charge in [0.2, 0.25) is 0 Å². The van der Waals surface area contributed by atoms with Gasteiger partial charge in [-0.25, -0.2) is 18.7 Å². The molecular formula is C16H16F2N4O2. The minimum Gasteiger partial charge on any atom is -0.350 e. The summed E-state index contributed by atoms with van der Waals surface area (Å²) in [6, 6.07) is 2.70. The minimum absolute atomic E-state index is 0.0938. The van der Waals surface area contributed by atoms with Crippen LogP contribution < -0.4 is 10.6 Å². The monoisotopic (exact) mass is 334 g/mol. The molecule has 6 nitrogen and oxygen atoms in total. The number of carbonyl (C=O) groups is 2. The minimum atomic E-state index is -0.939. The Labute approximate surface area is 137 Å². The van der Waals surface area contributed by atoms with Crippen LogP contribution in [-0.2, 0) is 6.42 Å². The molecular weight excluding hydrogens is 318 g/mol. The number of halogens is 2. The van der Waals surface area contributed by atoms with Crippen LogP contribution in [0.2, 0.25) is 0 Å². The van der Waals surface area contributed by atoms with Gasteiger partial charge >= 0.3 is 0 Å². The quantitative estimate of drug-likeness (QED) is 0.784. The van der Waals surface area contributed by atoms with Crippen LogP contribution in [0.25, 0.3) is 0 Å². The third-order valence-electron chi connectivity index (χ3n) is 3.25. The lowest BCUT2D eigenvalue weighted by molar-refractivity contribution is 0.0924. The van der Waals surface area contributed by atoms with E-state index in [1.807, 2.05) is 6.92 Å². The van der Waals surface area contributed by atoms with Crippen LogP contribution in [0.3, 0.4) is 0 Å². The molecule has 0 aliphatic rings. The number of carbonyl (C=O) groups excluding carboxylic acids is 2. The molecule has 0 saturated heterocycles. The Kier molecular flexibility index (Phi) is 5.89. The van der Waals surface area contributed by atoms with Gasteiger partial charge in [-0.3, -0.25) is 9.59 Å². The lowest BCUT2D eigenvalue weighted by atomic mass is 10.2. The van der Waals surface area contributed by atoms with Gasteiger partial charge in [0.05, 0.1) is 16.8 Å². The normalized spacial score (nSPS) is 10.3. The smallest absolute Gasteiger partial charge is 0.254 e. The second-order valence-corrected chi connectivity index (χ2v) is 4.87. The number of nitrogens with zero attached hydrogens (tertiary/aromatic N) is 2. The van der Waals surface area contributed by atoms with Gasteiger partial charge in [-0.15, -0.1) is 0 Å². The highest BCUT2D eigenvalue weighted by Gasteiger charge is 2.13. The molecule has 0 radical (unpaired) electrons. The van der Waals surface area contributed by atoms with Crippen LogP contribution in [-0.4, -0.2) is 34.9 Å². The molecule has 8 heteroatoms. The maximum atomic E-state index is 13.5. The number of aryl methyl sites for hydroxylation is 1. The highest BCUT2D eigenvalue weighted by molar-refractivity contribution is 5.95. The number of aromatic nitrogens is 2. The van der Waals surface area contributed by atoms with Crippen molar-refractivity contribution in [2.45, 2.75) is 13.3 Å². The Hall–Kier alpha value is -2.90. The van der Waals surface area contributed by atoms with E-state index in [-0.39, 0.29) is 24.6 Å². The van der Waals surface area contributed by atoms with Crippen LogP contribution >= 0.6 is 0 Å². The Morgan fingerprint density at radius 1 is 1.08 bits per heavy atom. The molecule has 0 bridgehead atoms. The summed E-state index contributed by atoms with van der Waals surface area (Å²) in [5, 5.41) is 5.06. The first-order valence-corrected chi connectivity index (χ1v) is 7.33. The number of amides is 2. The van der Waals surface area contributed by atoms with Gasteiger partial charge in [0.15, 0.2) is 0 Å². The first kappa shape index (κ1) is 17.5. The Morgan fingerprint density at radius 2 is 1.75 bits per heavy atom. The van der Waals surface area contributed by atoms with Crippen LogP contribution in [0, 0.1) is 11.6 Å². The van der Waals surface area contributed by atoms with E-state index in [0.29, 0.717) is 23.7 Å². The summed E-state index contributed by atoms with van der Waals surface area (Å²) >= 11 is 0. The first-order chi connectivity index (χ1) is 11.5. The standard InChI is InChI=1S/C16H16F2N4O2/c1-2-14-12(8-19-9-22-14)16(24)21-6-5-20-15(23)11-4-3-10(17)7-13(11)18/h3-4,7-9H,2,5-6H2,1H3,(H,20,23)(H,21,24). The highest BCUT2D eigenvalue weighted by Crippen LogP contribution is 2.09. The Balaban J connectivity index is 1.84. The van der Waals surface area contributed by atoms with Crippen molar-refractivity contribution >= 4 is 11.8 Å². The summed E-state index contributed by atoms with van der Waals surface area (Å²) in [5.74, 6) is -2.73. The summed E-state index contributed by atoms with van der Waals surface area (Å²) in [4.78, 5) is 31.6. The maximum absolute atomic E-state index is 13.5. The van der Waals surface area contributed by atoms with Crippen molar-refractivity contribution in [3.8, 4) is 0 Å². The number of benzene rings is 1. The second-order valence-electron chi connectivity index (χ2n) is 4.87. The predicted octanol–water partition coefficient (Wildman–Crippen LogP) is 1.48.